The Labute approximate surface area is 179 Å². The van der Waals surface area contributed by atoms with Gasteiger partial charge in [0, 0.05) is 18.8 Å². The van der Waals surface area contributed by atoms with E-state index in [0.717, 1.165) is 16.9 Å². The maximum atomic E-state index is 13.1. The minimum absolute atomic E-state index is 0.0915. The van der Waals surface area contributed by atoms with Gasteiger partial charge in [-0.05, 0) is 31.9 Å². The van der Waals surface area contributed by atoms with Gasteiger partial charge in [0.15, 0.2) is 10.8 Å². The number of H-pyrrole nitrogens is 1. The smallest absolute Gasteiger partial charge is 0.236 e. The van der Waals surface area contributed by atoms with Crippen molar-refractivity contribution >= 4 is 28.7 Å². The Balaban J connectivity index is 1.81. The first-order valence-corrected chi connectivity index (χ1v) is 11.0. The largest absolute Gasteiger partial charge is 0.378 e. The molecule has 158 valence electrons. The molecule has 1 aliphatic rings. The summed E-state index contributed by atoms with van der Waals surface area (Å²) in [6, 6.07) is 7.91. The zero-order chi connectivity index (χ0) is 21.3. The van der Waals surface area contributed by atoms with E-state index in [1.807, 2.05) is 54.5 Å². The van der Waals surface area contributed by atoms with E-state index in [1.54, 1.807) is 0 Å². The highest BCUT2D eigenvalue weighted by Crippen LogP contribution is 2.29. The molecule has 1 amide bonds. The van der Waals surface area contributed by atoms with Crippen LogP contribution < -0.4 is 5.49 Å². The fraction of sp³-hybridized carbons (Fsp3) is 0.429. The van der Waals surface area contributed by atoms with Gasteiger partial charge in [-0.25, -0.2) is 4.98 Å². The van der Waals surface area contributed by atoms with Gasteiger partial charge in [-0.3, -0.25) is 19.9 Å². The van der Waals surface area contributed by atoms with Gasteiger partial charge in [-0.15, -0.1) is 0 Å². The number of morpholine rings is 1. The number of ether oxygens (including phenoxy) is 1. The second-order valence-electron chi connectivity index (χ2n) is 7.36. The van der Waals surface area contributed by atoms with Crippen LogP contribution in [0.1, 0.15) is 24.6 Å². The SMILES string of the molecule is CC[C@H](Sc1nc2n[nH]c(C)c2c(=N)n1-c1ccccc1C)C(=O)N1CCOCC1. The van der Waals surface area contributed by atoms with E-state index in [0.29, 0.717) is 54.4 Å². The molecule has 1 aromatic carbocycles. The summed E-state index contributed by atoms with van der Waals surface area (Å²) in [7, 11) is 0. The summed E-state index contributed by atoms with van der Waals surface area (Å²) in [6.07, 6.45) is 0.668. The molecule has 2 N–H and O–H groups in total. The summed E-state index contributed by atoms with van der Waals surface area (Å²) >= 11 is 1.40. The van der Waals surface area contributed by atoms with Crippen molar-refractivity contribution in [2.45, 2.75) is 37.6 Å². The maximum absolute atomic E-state index is 13.1. The molecule has 1 atom stereocenters. The molecular formula is C21H26N6O2S. The molecule has 3 aromatic rings. The van der Waals surface area contributed by atoms with E-state index in [2.05, 4.69) is 10.2 Å². The lowest BCUT2D eigenvalue weighted by Gasteiger charge is -2.30. The number of amides is 1. The van der Waals surface area contributed by atoms with Crippen LogP contribution in [-0.4, -0.2) is 62.1 Å². The number of hydrogen-bond acceptors (Lipinski definition) is 6. The number of carbonyl (C=O) groups excluding carboxylic acids is 1. The van der Waals surface area contributed by atoms with Gasteiger partial charge in [0.05, 0.1) is 29.5 Å². The summed E-state index contributed by atoms with van der Waals surface area (Å²) in [5, 5.41) is 17.1. The minimum atomic E-state index is -0.289. The molecule has 9 heteroatoms. The third kappa shape index (κ3) is 3.75. The number of para-hydroxylation sites is 1. The van der Waals surface area contributed by atoms with Gasteiger partial charge < -0.3 is 9.64 Å². The molecule has 4 rings (SSSR count). The van der Waals surface area contributed by atoms with Gasteiger partial charge in [0.25, 0.3) is 0 Å². The van der Waals surface area contributed by atoms with Crippen molar-refractivity contribution in [2.75, 3.05) is 26.3 Å². The Morgan fingerprint density at radius 1 is 1.30 bits per heavy atom. The Morgan fingerprint density at radius 3 is 2.73 bits per heavy atom. The molecule has 0 saturated carbocycles. The molecule has 1 aliphatic heterocycles. The highest BCUT2D eigenvalue weighted by atomic mass is 32.2. The molecule has 0 aliphatic carbocycles. The number of hydrogen-bond donors (Lipinski definition) is 2. The first-order valence-electron chi connectivity index (χ1n) is 10.1. The predicted molar refractivity (Wildman–Crippen MR) is 116 cm³/mol. The number of aromatic nitrogens is 4. The topological polar surface area (TPSA) is 99.9 Å². The standard InChI is InChI=1S/C21H26N6O2S/c1-4-16(20(28)26-9-11-29-12-10-26)30-21-23-19-17(14(3)24-25-19)18(22)27(21)15-8-6-5-7-13(15)2/h5-8,16,22H,4,9-12H2,1-3H3,(H,24,25)/t16-/m0/s1. The van der Waals surface area contributed by atoms with Crippen LogP contribution in [0.4, 0.5) is 0 Å². The van der Waals surface area contributed by atoms with Crippen molar-refractivity contribution in [1.29, 1.82) is 5.41 Å². The lowest BCUT2D eigenvalue weighted by Crippen LogP contribution is -2.44. The molecule has 1 saturated heterocycles. The van der Waals surface area contributed by atoms with Crippen LogP contribution in [0.3, 0.4) is 0 Å². The van der Waals surface area contributed by atoms with Gasteiger partial charge in [0.1, 0.15) is 5.49 Å². The molecule has 2 aromatic heterocycles. The van der Waals surface area contributed by atoms with Gasteiger partial charge in [0.2, 0.25) is 5.91 Å². The maximum Gasteiger partial charge on any atom is 0.236 e. The highest BCUT2D eigenvalue weighted by molar-refractivity contribution is 8.00. The van der Waals surface area contributed by atoms with Crippen LogP contribution in [0.5, 0.6) is 0 Å². The predicted octanol–water partition coefficient (Wildman–Crippen LogP) is 2.57. The van der Waals surface area contributed by atoms with Crippen LogP contribution in [-0.2, 0) is 9.53 Å². The minimum Gasteiger partial charge on any atom is -0.378 e. The lowest BCUT2D eigenvalue weighted by molar-refractivity contribution is -0.134. The fourth-order valence-electron chi connectivity index (χ4n) is 3.67. The van der Waals surface area contributed by atoms with E-state index in [9.17, 15) is 4.79 Å². The Morgan fingerprint density at radius 2 is 2.03 bits per heavy atom. The Kier molecular flexibility index (Phi) is 5.92. The fourth-order valence-corrected chi connectivity index (χ4v) is 4.77. The van der Waals surface area contributed by atoms with Crippen LogP contribution >= 0.6 is 11.8 Å². The van der Waals surface area contributed by atoms with E-state index in [1.165, 1.54) is 11.8 Å². The number of aryl methyl sites for hydroxylation is 2. The molecule has 8 nitrogen and oxygen atoms in total. The van der Waals surface area contributed by atoms with Crippen molar-refractivity contribution < 1.29 is 9.53 Å². The number of fused-ring (bicyclic) bond motifs is 1. The van der Waals surface area contributed by atoms with E-state index in [-0.39, 0.29) is 11.2 Å². The molecule has 1 fully saturated rings. The van der Waals surface area contributed by atoms with Crippen LogP contribution in [0.2, 0.25) is 0 Å². The number of thioether (sulfide) groups is 1. The Bertz CT molecular complexity index is 1130. The number of nitrogens with one attached hydrogen (secondary N) is 2. The molecule has 30 heavy (non-hydrogen) atoms. The highest BCUT2D eigenvalue weighted by Gasteiger charge is 2.28. The van der Waals surface area contributed by atoms with Crippen LogP contribution in [0.15, 0.2) is 29.4 Å². The van der Waals surface area contributed by atoms with E-state index >= 15 is 0 Å². The molecule has 0 radical (unpaired) electrons. The summed E-state index contributed by atoms with van der Waals surface area (Å²) in [6.45, 7) is 8.28. The van der Waals surface area contributed by atoms with Gasteiger partial charge >= 0.3 is 0 Å². The summed E-state index contributed by atoms with van der Waals surface area (Å²) < 4.78 is 7.22. The number of benzene rings is 1. The van der Waals surface area contributed by atoms with E-state index in [4.69, 9.17) is 15.1 Å². The second-order valence-corrected chi connectivity index (χ2v) is 8.53. The third-order valence-electron chi connectivity index (χ3n) is 5.35. The van der Waals surface area contributed by atoms with Crippen LogP contribution in [0, 0.1) is 19.3 Å². The monoisotopic (exact) mass is 426 g/mol. The number of rotatable bonds is 5. The van der Waals surface area contributed by atoms with Crippen molar-refractivity contribution in [3.63, 3.8) is 0 Å². The van der Waals surface area contributed by atoms with Crippen molar-refractivity contribution in [2.24, 2.45) is 0 Å². The average Bonchev–Trinajstić information content (AvgIpc) is 3.14. The first kappa shape index (κ1) is 20.6. The summed E-state index contributed by atoms with van der Waals surface area (Å²) in [4.78, 5) is 19.8. The van der Waals surface area contributed by atoms with Crippen molar-refractivity contribution in [3.05, 3.63) is 41.0 Å². The number of aromatic amines is 1. The van der Waals surface area contributed by atoms with Crippen molar-refractivity contribution in [1.82, 2.24) is 24.6 Å². The molecule has 0 unspecified atom stereocenters. The third-order valence-corrected chi connectivity index (χ3v) is 6.66. The second kappa shape index (κ2) is 8.61. The van der Waals surface area contributed by atoms with Crippen LogP contribution in [0.25, 0.3) is 16.7 Å². The number of carbonyl (C=O) groups is 1. The summed E-state index contributed by atoms with van der Waals surface area (Å²) in [5.74, 6) is 0.0915. The lowest BCUT2D eigenvalue weighted by atomic mass is 10.2. The molecule has 0 spiro atoms. The normalized spacial score (nSPS) is 15.5. The van der Waals surface area contributed by atoms with E-state index < -0.39 is 0 Å². The molecular weight excluding hydrogens is 400 g/mol. The quantitative estimate of drug-likeness (QED) is 0.482. The van der Waals surface area contributed by atoms with Gasteiger partial charge in [-0.2, -0.15) is 5.10 Å². The average molecular weight is 427 g/mol. The zero-order valence-electron chi connectivity index (χ0n) is 17.4. The summed E-state index contributed by atoms with van der Waals surface area (Å²) in [5.41, 5.74) is 3.54. The molecule has 3 heterocycles. The first-order chi connectivity index (χ1) is 14.5. The number of nitrogens with zero attached hydrogens (tertiary/aromatic N) is 4. The molecule has 0 bridgehead atoms. The van der Waals surface area contributed by atoms with Gasteiger partial charge in [-0.1, -0.05) is 36.9 Å². The Hall–Kier alpha value is -2.65. The van der Waals surface area contributed by atoms with Crippen molar-refractivity contribution in [3.8, 4) is 5.69 Å². The zero-order valence-corrected chi connectivity index (χ0v) is 18.3.